The first-order valence-corrected chi connectivity index (χ1v) is 9.44. The molecule has 1 saturated heterocycles. The molecule has 0 aliphatic carbocycles. The number of sulfonamides is 1. The Hall–Kier alpha value is -2.12. The number of ether oxygens (including phenoxy) is 1. The SMILES string of the molecule is O=C(CN1c2cccc3cccc(c23)S1(=O)=O)NC[C@H]1CCCO1. The third kappa shape index (κ3) is 2.44. The van der Waals surface area contributed by atoms with Gasteiger partial charge in [-0.15, -0.1) is 0 Å². The normalized spacial score (nSPS) is 21.3. The van der Waals surface area contributed by atoms with Gasteiger partial charge in [0, 0.05) is 18.5 Å². The molecule has 2 aromatic carbocycles. The standard InChI is InChI=1S/C17H18N2O4S/c20-16(18-10-13-6-3-9-23-13)11-19-14-7-1-4-12-5-2-8-15(17(12)14)24(19,21)22/h1-2,4-5,7-8,13H,3,6,9-11H2,(H,18,20)/t13-/m1/s1. The van der Waals surface area contributed by atoms with Crippen LogP contribution in [-0.2, 0) is 19.6 Å². The molecule has 0 aromatic heterocycles. The van der Waals surface area contributed by atoms with Crippen LogP contribution in [0.1, 0.15) is 12.8 Å². The summed E-state index contributed by atoms with van der Waals surface area (Å²) in [7, 11) is -3.69. The number of rotatable bonds is 4. The molecule has 2 heterocycles. The first-order chi connectivity index (χ1) is 11.6. The summed E-state index contributed by atoms with van der Waals surface area (Å²) in [5.41, 5.74) is 0.565. The van der Waals surface area contributed by atoms with Crippen molar-refractivity contribution in [2.75, 3.05) is 24.0 Å². The molecule has 0 spiro atoms. The highest BCUT2D eigenvalue weighted by Gasteiger charge is 2.36. The average Bonchev–Trinajstić information content (AvgIpc) is 3.16. The van der Waals surface area contributed by atoms with E-state index in [0.717, 1.165) is 24.8 Å². The molecule has 1 N–H and O–H groups in total. The van der Waals surface area contributed by atoms with Crippen LogP contribution in [0.3, 0.4) is 0 Å². The van der Waals surface area contributed by atoms with E-state index in [9.17, 15) is 13.2 Å². The van der Waals surface area contributed by atoms with E-state index in [1.165, 1.54) is 4.31 Å². The Labute approximate surface area is 140 Å². The Balaban J connectivity index is 1.58. The van der Waals surface area contributed by atoms with Crippen molar-refractivity contribution in [3.05, 3.63) is 36.4 Å². The first kappa shape index (κ1) is 15.4. The molecule has 0 bridgehead atoms. The molecule has 4 rings (SSSR count). The molecule has 0 unspecified atom stereocenters. The van der Waals surface area contributed by atoms with Crippen LogP contribution >= 0.6 is 0 Å². The summed E-state index contributed by atoms with van der Waals surface area (Å²) >= 11 is 0. The Morgan fingerprint density at radius 3 is 2.79 bits per heavy atom. The molecule has 2 aliphatic heterocycles. The van der Waals surface area contributed by atoms with Gasteiger partial charge in [-0.3, -0.25) is 9.10 Å². The van der Waals surface area contributed by atoms with Gasteiger partial charge in [0.25, 0.3) is 10.0 Å². The van der Waals surface area contributed by atoms with Crippen LogP contribution in [0.25, 0.3) is 10.8 Å². The maximum Gasteiger partial charge on any atom is 0.265 e. The molecule has 0 saturated carbocycles. The summed E-state index contributed by atoms with van der Waals surface area (Å²) in [5.74, 6) is -0.320. The predicted molar refractivity (Wildman–Crippen MR) is 90.5 cm³/mol. The molecule has 2 aromatic rings. The second kappa shape index (κ2) is 5.75. The molecular weight excluding hydrogens is 328 g/mol. The molecule has 126 valence electrons. The maximum atomic E-state index is 12.8. The van der Waals surface area contributed by atoms with E-state index in [2.05, 4.69) is 5.32 Å². The fourth-order valence-electron chi connectivity index (χ4n) is 3.35. The van der Waals surface area contributed by atoms with Gasteiger partial charge in [-0.2, -0.15) is 0 Å². The third-order valence-corrected chi connectivity index (χ3v) is 6.32. The Morgan fingerprint density at radius 2 is 2.04 bits per heavy atom. The highest BCUT2D eigenvalue weighted by atomic mass is 32.2. The van der Waals surface area contributed by atoms with Crippen molar-refractivity contribution < 1.29 is 17.9 Å². The van der Waals surface area contributed by atoms with Crippen molar-refractivity contribution in [2.45, 2.75) is 23.8 Å². The summed E-state index contributed by atoms with van der Waals surface area (Å²) in [6.07, 6.45) is 1.95. The number of carbonyl (C=O) groups is 1. The van der Waals surface area contributed by atoms with E-state index in [0.29, 0.717) is 17.6 Å². The van der Waals surface area contributed by atoms with Crippen molar-refractivity contribution in [3.8, 4) is 0 Å². The third-order valence-electron chi connectivity index (χ3n) is 4.52. The fraction of sp³-hybridized carbons (Fsp3) is 0.353. The molecule has 1 atom stereocenters. The number of nitrogens with one attached hydrogen (secondary N) is 1. The molecule has 1 fully saturated rings. The monoisotopic (exact) mass is 346 g/mol. The molecule has 0 radical (unpaired) electrons. The molecule has 1 amide bonds. The van der Waals surface area contributed by atoms with Crippen molar-refractivity contribution in [1.29, 1.82) is 0 Å². The van der Waals surface area contributed by atoms with Crippen LogP contribution in [-0.4, -0.2) is 40.1 Å². The molecule has 2 aliphatic rings. The highest BCUT2D eigenvalue weighted by Crippen LogP contribution is 2.41. The Bertz CT molecular complexity index is 899. The van der Waals surface area contributed by atoms with Crippen LogP contribution in [0.5, 0.6) is 0 Å². The lowest BCUT2D eigenvalue weighted by molar-refractivity contribution is -0.120. The van der Waals surface area contributed by atoms with Gasteiger partial charge in [0.15, 0.2) is 0 Å². The summed E-state index contributed by atoms with van der Waals surface area (Å²) < 4.78 is 32.2. The van der Waals surface area contributed by atoms with Gasteiger partial charge in [-0.1, -0.05) is 24.3 Å². The van der Waals surface area contributed by atoms with Crippen molar-refractivity contribution in [3.63, 3.8) is 0 Å². The minimum atomic E-state index is -3.69. The molecular formula is C17H18N2O4S. The van der Waals surface area contributed by atoms with Gasteiger partial charge in [-0.25, -0.2) is 8.42 Å². The van der Waals surface area contributed by atoms with E-state index >= 15 is 0 Å². The van der Waals surface area contributed by atoms with Gasteiger partial charge in [0.2, 0.25) is 5.91 Å². The van der Waals surface area contributed by atoms with Crippen LogP contribution < -0.4 is 9.62 Å². The van der Waals surface area contributed by atoms with E-state index < -0.39 is 10.0 Å². The van der Waals surface area contributed by atoms with E-state index in [1.54, 1.807) is 24.3 Å². The van der Waals surface area contributed by atoms with E-state index in [1.807, 2.05) is 12.1 Å². The van der Waals surface area contributed by atoms with Gasteiger partial charge in [-0.05, 0) is 30.4 Å². The minimum Gasteiger partial charge on any atom is -0.376 e. The van der Waals surface area contributed by atoms with Gasteiger partial charge in [0.05, 0.1) is 16.7 Å². The van der Waals surface area contributed by atoms with Crippen molar-refractivity contribution in [1.82, 2.24) is 5.32 Å². The van der Waals surface area contributed by atoms with Gasteiger partial charge < -0.3 is 10.1 Å². The zero-order valence-corrected chi connectivity index (χ0v) is 13.9. The van der Waals surface area contributed by atoms with Crippen LogP contribution in [0, 0.1) is 0 Å². The summed E-state index contributed by atoms with van der Waals surface area (Å²) in [4.78, 5) is 12.5. The number of hydrogen-bond donors (Lipinski definition) is 1. The number of carbonyl (C=O) groups excluding carboxylic acids is 1. The van der Waals surface area contributed by atoms with Gasteiger partial charge >= 0.3 is 0 Å². The number of anilines is 1. The summed E-state index contributed by atoms with van der Waals surface area (Å²) in [6, 6.07) is 10.6. The van der Waals surface area contributed by atoms with E-state index in [4.69, 9.17) is 4.74 Å². The lowest BCUT2D eigenvalue weighted by Gasteiger charge is -2.19. The largest absolute Gasteiger partial charge is 0.376 e. The van der Waals surface area contributed by atoms with E-state index in [-0.39, 0.29) is 23.5 Å². The average molecular weight is 346 g/mol. The lowest BCUT2D eigenvalue weighted by Crippen LogP contribution is -2.41. The lowest BCUT2D eigenvalue weighted by atomic mass is 10.1. The van der Waals surface area contributed by atoms with Crippen LogP contribution in [0.15, 0.2) is 41.3 Å². The summed E-state index contributed by atoms with van der Waals surface area (Å²) in [5, 5.41) is 4.32. The number of hydrogen-bond acceptors (Lipinski definition) is 4. The predicted octanol–water partition coefficient (Wildman–Crippen LogP) is 1.64. The fourth-order valence-corrected chi connectivity index (χ4v) is 5.01. The summed E-state index contributed by atoms with van der Waals surface area (Å²) in [6.45, 7) is 0.922. The highest BCUT2D eigenvalue weighted by molar-refractivity contribution is 7.93. The quantitative estimate of drug-likeness (QED) is 0.913. The molecule has 6 nitrogen and oxygen atoms in total. The topological polar surface area (TPSA) is 75.7 Å². The maximum absolute atomic E-state index is 12.8. The minimum absolute atomic E-state index is 0.0322. The Kier molecular flexibility index (Phi) is 3.69. The second-order valence-corrected chi connectivity index (χ2v) is 7.91. The molecule has 24 heavy (non-hydrogen) atoms. The zero-order chi connectivity index (χ0) is 16.7. The Morgan fingerprint density at radius 1 is 1.25 bits per heavy atom. The smallest absolute Gasteiger partial charge is 0.265 e. The second-order valence-electron chi connectivity index (χ2n) is 6.08. The number of amides is 1. The zero-order valence-electron chi connectivity index (χ0n) is 13.1. The number of benzene rings is 2. The van der Waals surface area contributed by atoms with Crippen molar-refractivity contribution in [2.24, 2.45) is 0 Å². The van der Waals surface area contributed by atoms with Crippen LogP contribution in [0.2, 0.25) is 0 Å². The van der Waals surface area contributed by atoms with Crippen molar-refractivity contribution >= 4 is 32.4 Å². The van der Waals surface area contributed by atoms with Gasteiger partial charge in [0.1, 0.15) is 6.54 Å². The number of nitrogens with zero attached hydrogens (tertiary/aromatic N) is 1. The first-order valence-electron chi connectivity index (χ1n) is 8.00. The van der Waals surface area contributed by atoms with Crippen LogP contribution in [0.4, 0.5) is 5.69 Å². The molecule has 7 heteroatoms.